The van der Waals surface area contributed by atoms with Gasteiger partial charge >= 0.3 is 0 Å². The minimum Gasteiger partial charge on any atom is -0.508 e. The Morgan fingerprint density at radius 3 is 2.83 bits per heavy atom. The normalized spacial score (nSPS) is 10.6. The van der Waals surface area contributed by atoms with Crippen LogP contribution in [0.3, 0.4) is 0 Å². The smallest absolute Gasteiger partial charge is 0.271 e. The summed E-state index contributed by atoms with van der Waals surface area (Å²) >= 11 is 3.41. The van der Waals surface area contributed by atoms with Gasteiger partial charge in [0.1, 0.15) is 5.75 Å². The van der Waals surface area contributed by atoms with Crippen molar-refractivity contribution in [2.75, 3.05) is 13.7 Å². The van der Waals surface area contributed by atoms with Crippen LogP contribution >= 0.6 is 15.9 Å². The predicted octanol–water partition coefficient (Wildman–Crippen LogP) is 3.33. The van der Waals surface area contributed by atoms with E-state index >= 15 is 0 Å². The van der Waals surface area contributed by atoms with E-state index in [0.29, 0.717) is 23.7 Å². The van der Waals surface area contributed by atoms with Crippen LogP contribution in [0.2, 0.25) is 0 Å². The summed E-state index contributed by atoms with van der Waals surface area (Å²) in [6.45, 7) is 2.38. The number of phenolic OH excluding ortho intramolecular Hbond substituents is 1. The maximum absolute atomic E-state index is 11.9. The fourth-order valence-corrected chi connectivity index (χ4v) is 2.62. The first kappa shape index (κ1) is 17.8. The van der Waals surface area contributed by atoms with E-state index in [0.717, 1.165) is 10.0 Å². The maximum atomic E-state index is 11.9. The zero-order valence-electron chi connectivity index (χ0n) is 13.2. The van der Waals surface area contributed by atoms with E-state index in [-0.39, 0.29) is 5.75 Å². The van der Waals surface area contributed by atoms with Gasteiger partial charge in [0.2, 0.25) is 0 Å². The van der Waals surface area contributed by atoms with Crippen molar-refractivity contribution in [2.24, 2.45) is 5.10 Å². The highest BCUT2D eigenvalue weighted by Crippen LogP contribution is 2.36. The molecule has 0 aliphatic rings. The number of methoxy groups -OCH3 is 1. The molecule has 0 saturated heterocycles. The molecule has 24 heavy (non-hydrogen) atoms. The molecular formula is C17H17BrN2O4. The lowest BCUT2D eigenvalue weighted by Crippen LogP contribution is -2.17. The van der Waals surface area contributed by atoms with Gasteiger partial charge in [0.25, 0.3) is 5.91 Å². The highest BCUT2D eigenvalue weighted by Gasteiger charge is 2.10. The van der Waals surface area contributed by atoms with Crippen molar-refractivity contribution in [3.8, 4) is 17.2 Å². The van der Waals surface area contributed by atoms with Crippen LogP contribution in [0, 0.1) is 0 Å². The molecule has 0 heterocycles. The first-order chi connectivity index (χ1) is 11.5. The molecule has 1 amide bonds. The van der Waals surface area contributed by atoms with Gasteiger partial charge in [-0.3, -0.25) is 4.79 Å². The third-order valence-electron chi connectivity index (χ3n) is 3.02. The van der Waals surface area contributed by atoms with E-state index in [1.165, 1.54) is 18.3 Å². The summed E-state index contributed by atoms with van der Waals surface area (Å²) in [5, 5.41) is 13.3. The van der Waals surface area contributed by atoms with Gasteiger partial charge in [0, 0.05) is 5.56 Å². The van der Waals surface area contributed by atoms with Crippen molar-refractivity contribution < 1.29 is 19.4 Å². The molecule has 0 aliphatic carbocycles. The van der Waals surface area contributed by atoms with Gasteiger partial charge in [-0.15, -0.1) is 0 Å². The number of nitrogens with zero attached hydrogens (tertiary/aromatic N) is 1. The number of carbonyl (C=O) groups is 1. The number of ether oxygens (including phenoxy) is 2. The Morgan fingerprint density at radius 1 is 1.38 bits per heavy atom. The van der Waals surface area contributed by atoms with Gasteiger partial charge in [-0.25, -0.2) is 5.43 Å². The summed E-state index contributed by atoms with van der Waals surface area (Å²) in [5.41, 5.74) is 3.45. The van der Waals surface area contributed by atoms with Crippen LogP contribution in [0.5, 0.6) is 17.2 Å². The van der Waals surface area contributed by atoms with Crippen LogP contribution in [0.4, 0.5) is 0 Å². The number of rotatable bonds is 6. The molecule has 7 heteroatoms. The topological polar surface area (TPSA) is 80.2 Å². The lowest BCUT2D eigenvalue weighted by atomic mass is 10.2. The van der Waals surface area contributed by atoms with E-state index in [4.69, 9.17) is 9.47 Å². The molecule has 2 aromatic rings. The molecule has 0 saturated carbocycles. The molecule has 0 atom stereocenters. The van der Waals surface area contributed by atoms with Crippen molar-refractivity contribution in [1.82, 2.24) is 5.43 Å². The van der Waals surface area contributed by atoms with Crippen LogP contribution in [0.15, 0.2) is 46.0 Å². The molecule has 0 radical (unpaired) electrons. The number of hydrogen-bond donors (Lipinski definition) is 2. The van der Waals surface area contributed by atoms with Crippen molar-refractivity contribution in [1.29, 1.82) is 0 Å². The second kappa shape index (κ2) is 8.35. The monoisotopic (exact) mass is 392 g/mol. The maximum Gasteiger partial charge on any atom is 0.271 e. The van der Waals surface area contributed by atoms with Crippen molar-refractivity contribution in [2.45, 2.75) is 6.92 Å². The van der Waals surface area contributed by atoms with Gasteiger partial charge in [-0.05, 0) is 58.7 Å². The van der Waals surface area contributed by atoms with Gasteiger partial charge in [0.05, 0.1) is 24.4 Å². The predicted molar refractivity (Wildman–Crippen MR) is 95.0 cm³/mol. The molecule has 2 aromatic carbocycles. The molecule has 0 spiro atoms. The SMILES string of the molecule is CCOc1cc(/C=N\NC(=O)c2cccc(O)c2)cc(Br)c1OC. The molecular weight excluding hydrogens is 376 g/mol. The molecule has 0 bridgehead atoms. The first-order valence-corrected chi connectivity index (χ1v) is 7.97. The lowest BCUT2D eigenvalue weighted by molar-refractivity contribution is 0.0954. The van der Waals surface area contributed by atoms with E-state index in [1.807, 2.05) is 6.92 Å². The van der Waals surface area contributed by atoms with E-state index in [9.17, 15) is 9.90 Å². The Balaban J connectivity index is 2.12. The molecule has 126 valence electrons. The third-order valence-corrected chi connectivity index (χ3v) is 3.61. The molecule has 0 aromatic heterocycles. The Bertz CT molecular complexity index is 762. The van der Waals surface area contributed by atoms with E-state index in [2.05, 4.69) is 26.5 Å². The molecule has 0 aliphatic heterocycles. The lowest BCUT2D eigenvalue weighted by Gasteiger charge is -2.11. The number of halogens is 1. The molecule has 6 nitrogen and oxygen atoms in total. The molecule has 2 rings (SSSR count). The van der Waals surface area contributed by atoms with Crippen LogP contribution in [-0.2, 0) is 0 Å². The van der Waals surface area contributed by atoms with Crippen LogP contribution in [0.25, 0.3) is 0 Å². The molecule has 2 N–H and O–H groups in total. The Kier molecular flexibility index (Phi) is 6.20. The zero-order valence-corrected chi connectivity index (χ0v) is 14.8. The summed E-state index contributed by atoms with van der Waals surface area (Å²) in [6, 6.07) is 9.58. The highest BCUT2D eigenvalue weighted by atomic mass is 79.9. The number of carbonyl (C=O) groups excluding carboxylic acids is 1. The first-order valence-electron chi connectivity index (χ1n) is 7.18. The van der Waals surface area contributed by atoms with Crippen LogP contribution in [0.1, 0.15) is 22.8 Å². The summed E-state index contributed by atoms with van der Waals surface area (Å²) in [7, 11) is 1.56. The number of hydrogen-bond acceptors (Lipinski definition) is 5. The number of aromatic hydroxyl groups is 1. The number of nitrogens with one attached hydrogen (secondary N) is 1. The second-order valence-electron chi connectivity index (χ2n) is 4.72. The Labute approximate surface area is 148 Å². The zero-order chi connectivity index (χ0) is 17.5. The van der Waals surface area contributed by atoms with Gasteiger partial charge < -0.3 is 14.6 Å². The minimum absolute atomic E-state index is 0.0204. The van der Waals surface area contributed by atoms with Crippen molar-refractivity contribution in [3.05, 3.63) is 52.0 Å². The average Bonchev–Trinajstić information content (AvgIpc) is 2.55. The van der Waals surface area contributed by atoms with Crippen LogP contribution in [-0.4, -0.2) is 30.9 Å². The largest absolute Gasteiger partial charge is 0.508 e. The summed E-state index contributed by atoms with van der Waals surface area (Å²) in [6.07, 6.45) is 1.49. The molecule has 0 unspecified atom stereocenters. The van der Waals surface area contributed by atoms with Crippen molar-refractivity contribution in [3.63, 3.8) is 0 Å². The van der Waals surface area contributed by atoms with Crippen LogP contribution < -0.4 is 14.9 Å². The second-order valence-corrected chi connectivity index (χ2v) is 5.57. The summed E-state index contributed by atoms with van der Waals surface area (Å²) < 4.78 is 11.5. The summed E-state index contributed by atoms with van der Waals surface area (Å²) in [4.78, 5) is 11.9. The Morgan fingerprint density at radius 2 is 2.17 bits per heavy atom. The average molecular weight is 393 g/mol. The highest BCUT2D eigenvalue weighted by molar-refractivity contribution is 9.10. The van der Waals surface area contributed by atoms with Gasteiger partial charge in [-0.2, -0.15) is 5.10 Å². The minimum atomic E-state index is -0.417. The Hall–Kier alpha value is -2.54. The fraction of sp³-hybridized carbons (Fsp3) is 0.176. The summed E-state index contributed by atoms with van der Waals surface area (Å²) in [5.74, 6) is 0.778. The standard InChI is InChI=1S/C17H17BrN2O4/c1-3-24-15-8-11(7-14(18)16(15)23-2)10-19-20-17(22)12-5-4-6-13(21)9-12/h4-10,21H,3H2,1-2H3,(H,20,22)/b19-10-. The van der Waals surface area contributed by atoms with Gasteiger partial charge in [0.15, 0.2) is 11.5 Å². The molecule has 0 fully saturated rings. The van der Waals surface area contributed by atoms with Crippen molar-refractivity contribution >= 4 is 28.1 Å². The number of amides is 1. The number of hydrazone groups is 1. The van der Waals surface area contributed by atoms with Gasteiger partial charge in [-0.1, -0.05) is 6.07 Å². The quantitative estimate of drug-likeness (QED) is 0.583. The van der Waals surface area contributed by atoms with E-state index in [1.54, 1.807) is 31.4 Å². The van der Waals surface area contributed by atoms with E-state index < -0.39 is 5.91 Å². The number of benzene rings is 2. The number of phenols is 1. The fourth-order valence-electron chi connectivity index (χ4n) is 2.00. The third kappa shape index (κ3) is 4.48.